The molecule has 0 amide bonds. The molecule has 0 saturated carbocycles. The van der Waals surface area contributed by atoms with Crippen LogP contribution in [-0.2, 0) is 0 Å². The zero-order valence-electron chi connectivity index (χ0n) is 8.92. The largest absolute Gasteiger partial charge is 0.319 e. The quantitative estimate of drug-likeness (QED) is 0.782. The van der Waals surface area contributed by atoms with Crippen molar-refractivity contribution >= 4 is 11.3 Å². The van der Waals surface area contributed by atoms with E-state index in [9.17, 15) is 0 Å². The average molecular weight is 197 g/mol. The molecule has 1 rings (SSSR count). The Labute approximate surface area is 85.2 Å². The van der Waals surface area contributed by atoms with Gasteiger partial charge in [-0.1, -0.05) is 13.8 Å². The lowest BCUT2D eigenvalue weighted by Gasteiger charge is -2.18. The van der Waals surface area contributed by atoms with Gasteiger partial charge in [0.05, 0.1) is 0 Å². The van der Waals surface area contributed by atoms with Crippen LogP contribution >= 0.6 is 11.3 Å². The van der Waals surface area contributed by atoms with Gasteiger partial charge in [0.1, 0.15) is 0 Å². The molecule has 1 N–H and O–H groups in total. The van der Waals surface area contributed by atoms with E-state index in [0.29, 0.717) is 11.8 Å². The molecular weight excluding hydrogens is 178 g/mol. The van der Waals surface area contributed by atoms with Crippen molar-refractivity contribution in [2.24, 2.45) is 5.92 Å². The number of hydrogen-bond acceptors (Lipinski definition) is 2. The van der Waals surface area contributed by atoms with Gasteiger partial charge in [-0.3, -0.25) is 0 Å². The minimum Gasteiger partial charge on any atom is -0.319 e. The van der Waals surface area contributed by atoms with Crippen LogP contribution in [0.1, 0.15) is 30.2 Å². The maximum atomic E-state index is 3.23. The lowest BCUT2D eigenvalue weighted by atomic mass is 9.90. The number of aryl methyl sites for hydroxylation is 1. The number of nitrogens with one attached hydrogen (secondary N) is 1. The van der Waals surface area contributed by atoms with E-state index in [2.05, 4.69) is 37.5 Å². The van der Waals surface area contributed by atoms with Gasteiger partial charge in [0, 0.05) is 4.88 Å². The second-order valence-corrected chi connectivity index (χ2v) is 4.93. The Kier molecular flexibility index (Phi) is 3.94. The van der Waals surface area contributed by atoms with Crippen LogP contribution < -0.4 is 5.32 Å². The highest BCUT2D eigenvalue weighted by Gasteiger charge is 2.14. The van der Waals surface area contributed by atoms with Crippen LogP contribution in [0.25, 0.3) is 0 Å². The maximum Gasteiger partial charge on any atom is 0.00171 e. The Morgan fingerprint density at radius 2 is 2.15 bits per heavy atom. The summed E-state index contributed by atoms with van der Waals surface area (Å²) >= 11 is 1.85. The molecule has 1 heterocycles. The Balaban J connectivity index is 2.61. The summed E-state index contributed by atoms with van der Waals surface area (Å²) in [7, 11) is 2.02. The van der Waals surface area contributed by atoms with Crippen molar-refractivity contribution in [3.8, 4) is 0 Å². The highest BCUT2D eigenvalue weighted by molar-refractivity contribution is 7.10. The van der Waals surface area contributed by atoms with Gasteiger partial charge in [-0.2, -0.15) is 0 Å². The van der Waals surface area contributed by atoms with Gasteiger partial charge in [0.25, 0.3) is 0 Å². The predicted molar refractivity (Wildman–Crippen MR) is 60.6 cm³/mol. The third kappa shape index (κ3) is 2.82. The van der Waals surface area contributed by atoms with Crippen LogP contribution in [0.4, 0.5) is 0 Å². The summed E-state index contributed by atoms with van der Waals surface area (Å²) in [4.78, 5) is 1.42. The fraction of sp³-hybridized carbons (Fsp3) is 0.636. The van der Waals surface area contributed by atoms with Crippen LogP contribution in [0.3, 0.4) is 0 Å². The first-order chi connectivity index (χ1) is 6.15. The lowest BCUT2D eigenvalue weighted by molar-refractivity contribution is 0.467. The standard InChI is InChI=1S/C11H19NS/c1-8(6-12-4)10(3)11-5-9(2)13-7-11/h5,7-8,10,12H,6H2,1-4H3. The fourth-order valence-corrected chi connectivity index (χ4v) is 2.34. The molecule has 74 valence electrons. The molecule has 0 saturated heterocycles. The normalized spacial score (nSPS) is 15.7. The third-order valence-electron chi connectivity index (χ3n) is 2.66. The van der Waals surface area contributed by atoms with E-state index < -0.39 is 0 Å². The smallest absolute Gasteiger partial charge is 0.00171 e. The molecule has 1 aromatic heterocycles. The zero-order valence-corrected chi connectivity index (χ0v) is 9.74. The molecule has 13 heavy (non-hydrogen) atoms. The van der Waals surface area contributed by atoms with Crippen molar-refractivity contribution < 1.29 is 0 Å². The van der Waals surface area contributed by atoms with E-state index in [1.807, 2.05) is 18.4 Å². The lowest BCUT2D eigenvalue weighted by Crippen LogP contribution is -2.20. The SMILES string of the molecule is CNCC(C)C(C)c1csc(C)c1. The van der Waals surface area contributed by atoms with Crippen LogP contribution in [0, 0.1) is 12.8 Å². The molecule has 0 spiro atoms. The molecule has 1 aromatic rings. The topological polar surface area (TPSA) is 12.0 Å². The highest BCUT2D eigenvalue weighted by Crippen LogP contribution is 2.27. The molecule has 2 unspecified atom stereocenters. The van der Waals surface area contributed by atoms with E-state index >= 15 is 0 Å². The molecule has 0 aliphatic rings. The zero-order chi connectivity index (χ0) is 9.84. The predicted octanol–water partition coefficient (Wildman–Crippen LogP) is 3.02. The molecule has 0 bridgehead atoms. The molecule has 1 nitrogen and oxygen atoms in total. The summed E-state index contributed by atoms with van der Waals surface area (Å²) < 4.78 is 0. The summed E-state index contributed by atoms with van der Waals surface area (Å²) in [6.07, 6.45) is 0. The molecule has 0 aliphatic heterocycles. The minimum atomic E-state index is 0.664. The molecule has 2 atom stereocenters. The van der Waals surface area contributed by atoms with Crippen LogP contribution in [0.5, 0.6) is 0 Å². The Bertz CT molecular complexity index is 254. The Morgan fingerprint density at radius 3 is 2.62 bits per heavy atom. The summed E-state index contributed by atoms with van der Waals surface area (Å²) in [5, 5.41) is 5.51. The summed E-state index contributed by atoms with van der Waals surface area (Å²) in [5.41, 5.74) is 1.49. The first-order valence-corrected chi connectivity index (χ1v) is 5.72. The first-order valence-electron chi connectivity index (χ1n) is 4.84. The van der Waals surface area contributed by atoms with Gasteiger partial charge in [-0.25, -0.2) is 0 Å². The van der Waals surface area contributed by atoms with Gasteiger partial charge in [-0.05, 0) is 49.4 Å². The van der Waals surface area contributed by atoms with Crippen molar-refractivity contribution in [1.29, 1.82) is 0 Å². The van der Waals surface area contributed by atoms with Crippen LogP contribution in [-0.4, -0.2) is 13.6 Å². The summed E-state index contributed by atoms with van der Waals surface area (Å²) in [6, 6.07) is 2.31. The van der Waals surface area contributed by atoms with E-state index in [0.717, 1.165) is 6.54 Å². The van der Waals surface area contributed by atoms with Gasteiger partial charge >= 0.3 is 0 Å². The molecular formula is C11H19NS. The fourth-order valence-electron chi connectivity index (χ4n) is 1.53. The first kappa shape index (κ1) is 10.7. The number of rotatable bonds is 4. The molecule has 2 heteroatoms. The number of thiophene rings is 1. The summed E-state index contributed by atoms with van der Waals surface area (Å²) in [6.45, 7) is 7.87. The van der Waals surface area contributed by atoms with Gasteiger partial charge in [0.2, 0.25) is 0 Å². The number of hydrogen-bond donors (Lipinski definition) is 1. The molecule has 0 aliphatic carbocycles. The third-order valence-corrected chi connectivity index (χ3v) is 3.54. The van der Waals surface area contributed by atoms with E-state index in [1.165, 1.54) is 10.4 Å². The Hall–Kier alpha value is -0.340. The van der Waals surface area contributed by atoms with Crippen molar-refractivity contribution in [3.05, 3.63) is 21.9 Å². The Morgan fingerprint density at radius 1 is 1.46 bits per heavy atom. The van der Waals surface area contributed by atoms with Crippen molar-refractivity contribution in [2.45, 2.75) is 26.7 Å². The van der Waals surface area contributed by atoms with E-state index in [1.54, 1.807) is 0 Å². The summed E-state index contributed by atoms with van der Waals surface area (Å²) in [5.74, 6) is 1.37. The average Bonchev–Trinajstić information content (AvgIpc) is 2.51. The van der Waals surface area contributed by atoms with Crippen molar-refractivity contribution in [2.75, 3.05) is 13.6 Å². The van der Waals surface area contributed by atoms with Crippen molar-refractivity contribution in [1.82, 2.24) is 5.32 Å². The van der Waals surface area contributed by atoms with Crippen LogP contribution in [0.15, 0.2) is 11.4 Å². The molecule has 0 fully saturated rings. The van der Waals surface area contributed by atoms with Gasteiger partial charge in [-0.15, -0.1) is 11.3 Å². The van der Waals surface area contributed by atoms with E-state index in [4.69, 9.17) is 0 Å². The second-order valence-electron chi connectivity index (χ2n) is 3.81. The second kappa shape index (κ2) is 4.77. The van der Waals surface area contributed by atoms with Gasteiger partial charge in [0.15, 0.2) is 0 Å². The van der Waals surface area contributed by atoms with E-state index in [-0.39, 0.29) is 0 Å². The molecule has 0 radical (unpaired) electrons. The maximum absolute atomic E-state index is 3.23. The minimum absolute atomic E-state index is 0.664. The van der Waals surface area contributed by atoms with Gasteiger partial charge < -0.3 is 5.32 Å². The van der Waals surface area contributed by atoms with Crippen LogP contribution in [0.2, 0.25) is 0 Å². The highest BCUT2D eigenvalue weighted by atomic mass is 32.1. The monoisotopic (exact) mass is 197 g/mol. The molecule has 0 aromatic carbocycles. The van der Waals surface area contributed by atoms with Crippen molar-refractivity contribution in [3.63, 3.8) is 0 Å².